The van der Waals surface area contributed by atoms with Crippen LogP contribution in [-0.4, -0.2) is 22.9 Å². The minimum atomic E-state index is -0.0277. The van der Waals surface area contributed by atoms with Gasteiger partial charge in [0.25, 0.3) is 0 Å². The van der Waals surface area contributed by atoms with Gasteiger partial charge in [0.1, 0.15) is 11.3 Å². The summed E-state index contributed by atoms with van der Waals surface area (Å²) >= 11 is 1.48. The van der Waals surface area contributed by atoms with Crippen molar-refractivity contribution in [2.24, 2.45) is 0 Å². The SMILES string of the molecule is CSCC(=O)Nc1ccc(Oc2nc3ccccc3o2)cc1. The Morgan fingerprint density at radius 1 is 1.23 bits per heavy atom. The van der Waals surface area contributed by atoms with Crippen LogP contribution in [0.2, 0.25) is 0 Å². The van der Waals surface area contributed by atoms with Gasteiger partial charge in [0, 0.05) is 5.69 Å². The first-order chi connectivity index (χ1) is 10.7. The number of nitrogens with one attached hydrogen (secondary N) is 1. The number of carbonyl (C=O) groups is 1. The lowest BCUT2D eigenvalue weighted by atomic mass is 10.3. The minimum Gasteiger partial charge on any atom is -0.411 e. The maximum atomic E-state index is 11.5. The van der Waals surface area contributed by atoms with Gasteiger partial charge < -0.3 is 14.5 Å². The normalized spacial score (nSPS) is 10.6. The number of ether oxygens (including phenoxy) is 1. The highest BCUT2D eigenvalue weighted by molar-refractivity contribution is 7.99. The summed E-state index contributed by atoms with van der Waals surface area (Å²) in [6.45, 7) is 0. The van der Waals surface area contributed by atoms with Crippen LogP contribution in [0.3, 0.4) is 0 Å². The summed E-state index contributed by atoms with van der Waals surface area (Å²) in [5.74, 6) is 0.996. The number of aromatic nitrogens is 1. The van der Waals surface area contributed by atoms with Crippen LogP contribution in [0.1, 0.15) is 0 Å². The Morgan fingerprint density at radius 3 is 2.73 bits per heavy atom. The van der Waals surface area contributed by atoms with Crippen LogP contribution in [0.4, 0.5) is 5.69 Å². The van der Waals surface area contributed by atoms with Gasteiger partial charge >= 0.3 is 6.08 Å². The number of fused-ring (bicyclic) bond motifs is 1. The van der Waals surface area contributed by atoms with Crippen molar-refractivity contribution in [2.75, 3.05) is 17.3 Å². The average Bonchev–Trinajstić information content (AvgIpc) is 2.91. The van der Waals surface area contributed by atoms with Gasteiger partial charge in [-0.15, -0.1) is 0 Å². The molecule has 1 N–H and O–H groups in total. The van der Waals surface area contributed by atoms with Crippen molar-refractivity contribution < 1.29 is 13.9 Å². The van der Waals surface area contributed by atoms with Gasteiger partial charge in [-0.3, -0.25) is 4.79 Å². The van der Waals surface area contributed by atoms with Crippen molar-refractivity contribution in [3.8, 4) is 11.8 Å². The number of hydrogen-bond acceptors (Lipinski definition) is 5. The lowest BCUT2D eigenvalue weighted by molar-refractivity contribution is -0.113. The molecule has 5 nitrogen and oxygen atoms in total. The van der Waals surface area contributed by atoms with E-state index in [1.165, 1.54) is 11.8 Å². The van der Waals surface area contributed by atoms with E-state index in [9.17, 15) is 4.79 Å². The summed E-state index contributed by atoms with van der Waals surface area (Å²) in [5, 5.41) is 2.80. The summed E-state index contributed by atoms with van der Waals surface area (Å²) in [4.78, 5) is 15.7. The third kappa shape index (κ3) is 3.40. The van der Waals surface area contributed by atoms with Crippen molar-refractivity contribution in [3.63, 3.8) is 0 Å². The molecule has 1 aromatic heterocycles. The van der Waals surface area contributed by atoms with E-state index in [4.69, 9.17) is 9.15 Å². The summed E-state index contributed by atoms with van der Waals surface area (Å²) in [6, 6.07) is 14.5. The minimum absolute atomic E-state index is 0.0277. The van der Waals surface area contributed by atoms with Crippen molar-refractivity contribution >= 4 is 34.5 Å². The van der Waals surface area contributed by atoms with E-state index >= 15 is 0 Å². The number of anilines is 1. The zero-order valence-electron chi connectivity index (χ0n) is 11.9. The molecule has 0 spiro atoms. The Balaban J connectivity index is 1.69. The molecule has 0 atom stereocenters. The predicted molar refractivity (Wildman–Crippen MR) is 87.5 cm³/mol. The molecule has 0 aliphatic heterocycles. The smallest absolute Gasteiger partial charge is 0.400 e. The fourth-order valence-electron chi connectivity index (χ4n) is 1.93. The van der Waals surface area contributed by atoms with Crippen LogP contribution in [0.15, 0.2) is 52.9 Å². The first-order valence-corrected chi connectivity index (χ1v) is 8.06. The molecule has 3 rings (SSSR count). The lowest BCUT2D eigenvalue weighted by Gasteiger charge is -2.05. The highest BCUT2D eigenvalue weighted by Gasteiger charge is 2.07. The molecule has 112 valence electrons. The second kappa shape index (κ2) is 6.53. The third-order valence-corrected chi connectivity index (χ3v) is 3.44. The molecule has 0 saturated carbocycles. The maximum Gasteiger partial charge on any atom is 0.400 e. The second-order valence-corrected chi connectivity index (χ2v) is 5.42. The van der Waals surface area contributed by atoms with E-state index in [1.54, 1.807) is 24.3 Å². The largest absolute Gasteiger partial charge is 0.411 e. The van der Waals surface area contributed by atoms with Gasteiger partial charge in [-0.2, -0.15) is 16.7 Å². The fraction of sp³-hybridized carbons (Fsp3) is 0.125. The Hall–Kier alpha value is -2.47. The lowest BCUT2D eigenvalue weighted by Crippen LogP contribution is -2.13. The summed E-state index contributed by atoms with van der Waals surface area (Å²) in [7, 11) is 0. The van der Waals surface area contributed by atoms with Crippen molar-refractivity contribution in [1.29, 1.82) is 0 Å². The molecule has 0 saturated heterocycles. The zero-order chi connectivity index (χ0) is 15.4. The number of benzene rings is 2. The molecule has 0 unspecified atom stereocenters. The van der Waals surface area contributed by atoms with E-state index in [2.05, 4.69) is 10.3 Å². The first kappa shape index (κ1) is 14.5. The van der Waals surface area contributed by atoms with Gasteiger partial charge in [-0.1, -0.05) is 12.1 Å². The first-order valence-electron chi connectivity index (χ1n) is 6.67. The Bertz CT molecular complexity index is 750. The number of nitrogens with zero attached hydrogens (tertiary/aromatic N) is 1. The summed E-state index contributed by atoms with van der Waals surface area (Å²) in [6.07, 6.45) is 2.08. The molecule has 0 aliphatic carbocycles. The molecule has 0 aliphatic rings. The molecule has 0 fully saturated rings. The van der Waals surface area contributed by atoms with Crippen LogP contribution < -0.4 is 10.1 Å². The van der Waals surface area contributed by atoms with Crippen molar-refractivity contribution in [2.45, 2.75) is 0 Å². The second-order valence-electron chi connectivity index (χ2n) is 4.56. The Morgan fingerprint density at radius 2 is 2.00 bits per heavy atom. The quantitative estimate of drug-likeness (QED) is 0.773. The molecule has 0 bridgehead atoms. The van der Waals surface area contributed by atoms with Crippen molar-refractivity contribution in [1.82, 2.24) is 4.98 Å². The number of thioether (sulfide) groups is 1. The standard InChI is InChI=1S/C16H14N2O3S/c1-22-10-15(19)17-11-6-8-12(9-7-11)20-16-18-13-4-2-3-5-14(13)21-16/h2-9H,10H2,1H3,(H,17,19). The Labute approximate surface area is 131 Å². The summed E-state index contributed by atoms with van der Waals surface area (Å²) < 4.78 is 11.1. The molecular weight excluding hydrogens is 300 g/mol. The predicted octanol–water partition coefficient (Wildman–Crippen LogP) is 3.92. The van der Waals surface area contributed by atoms with Gasteiger partial charge in [-0.05, 0) is 42.7 Å². The van der Waals surface area contributed by atoms with E-state index in [0.29, 0.717) is 17.1 Å². The van der Waals surface area contributed by atoms with E-state index < -0.39 is 0 Å². The number of amides is 1. The third-order valence-electron chi connectivity index (χ3n) is 2.89. The van der Waals surface area contributed by atoms with Crippen LogP contribution in [0, 0.1) is 0 Å². The molecular formula is C16H14N2O3S. The molecule has 1 heterocycles. The molecule has 22 heavy (non-hydrogen) atoms. The highest BCUT2D eigenvalue weighted by atomic mass is 32.2. The molecule has 1 amide bonds. The number of carbonyl (C=O) groups excluding carboxylic acids is 1. The van der Waals surface area contributed by atoms with Crippen LogP contribution >= 0.6 is 11.8 Å². The van der Waals surface area contributed by atoms with Gasteiger partial charge in [-0.25, -0.2) is 0 Å². The highest BCUT2D eigenvalue weighted by Crippen LogP contribution is 2.26. The van der Waals surface area contributed by atoms with E-state index in [1.807, 2.05) is 30.5 Å². The molecule has 3 aromatic rings. The maximum absolute atomic E-state index is 11.5. The summed E-state index contributed by atoms with van der Waals surface area (Å²) in [5.41, 5.74) is 2.15. The van der Waals surface area contributed by atoms with Crippen LogP contribution in [0.25, 0.3) is 11.1 Å². The molecule has 6 heteroatoms. The fourth-order valence-corrected chi connectivity index (χ4v) is 2.26. The number of oxazole rings is 1. The molecule has 2 aromatic carbocycles. The van der Waals surface area contributed by atoms with E-state index in [0.717, 1.165) is 11.2 Å². The average molecular weight is 314 g/mol. The van der Waals surface area contributed by atoms with Gasteiger partial charge in [0.15, 0.2) is 5.58 Å². The monoisotopic (exact) mass is 314 g/mol. The van der Waals surface area contributed by atoms with Crippen molar-refractivity contribution in [3.05, 3.63) is 48.5 Å². The zero-order valence-corrected chi connectivity index (χ0v) is 12.7. The number of para-hydroxylation sites is 2. The van der Waals surface area contributed by atoms with E-state index in [-0.39, 0.29) is 12.0 Å². The van der Waals surface area contributed by atoms with Gasteiger partial charge in [0.2, 0.25) is 5.91 Å². The van der Waals surface area contributed by atoms with Gasteiger partial charge in [0.05, 0.1) is 5.75 Å². The Kier molecular flexibility index (Phi) is 4.29. The number of hydrogen-bond donors (Lipinski definition) is 1. The number of rotatable bonds is 5. The molecule has 0 radical (unpaired) electrons. The topological polar surface area (TPSA) is 64.4 Å². The van der Waals surface area contributed by atoms with Crippen LogP contribution in [0.5, 0.6) is 11.8 Å². The van der Waals surface area contributed by atoms with Crippen LogP contribution in [-0.2, 0) is 4.79 Å².